The molecule has 0 spiro atoms. The highest BCUT2D eigenvalue weighted by atomic mass is 32.1. The van der Waals surface area contributed by atoms with E-state index < -0.39 is 0 Å². The minimum Gasteiger partial charge on any atom is -0.497 e. The van der Waals surface area contributed by atoms with E-state index in [2.05, 4.69) is 5.32 Å². The number of hydrogen-bond donors (Lipinski definition) is 1. The van der Waals surface area contributed by atoms with E-state index in [1.54, 1.807) is 18.4 Å². The van der Waals surface area contributed by atoms with Gasteiger partial charge in [0.05, 0.1) is 12.0 Å². The number of ether oxygens (including phenoxy) is 1. The summed E-state index contributed by atoms with van der Waals surface area (Å²) in [7, 11) is 1.64. The van der Waals surface area contributed by atoms with Crippen LogP contribution in [0.2, 0.25) is 0 Å². The number of hydrogen-bond acceptors (Lipinski definition) is 4. The number of nitrogens with one attached hydrogen (secondary N) is 1. The van der Waals surface area contributed by atoms with Crippen LogP contribution in [0.4, 0.5) is 0 Å². The van der Waals surface area contributed by atoms with E-state index in [0.29, 0.717) is 6.54 Å². The Labute approximate surface area is 176 Å². The summed E-state index contributed by atoms with van der Waals surface area (Å²) >= 11 is 1.63. The third kappa shape index (κ3) is 4.64. The van der Waals surface area contributed by atoms with Gasteiger partial charge in [0.25, 0.3) is 5.91 Å². The summed E-state index contributed by atoms with van der Waals surface area (Å²) in [6, 6.07) is 9.79. The maximum atomic E-state index is 12.8. The number of likely N-dealkylation sites (tertiary alicyclic amines) is 1. The molecule has 2 amide bonds. The Morgan fingerprint density at radius 1 is 1.21 bits per heavy atom. The van der Waals surface area contributed by atoms with E-state index in [1.807, 2.05) is 35.2 Å². The standard InChI is InChI=1S/C23H28N2O3S/c1-28-19-7-5-6-16(12-19)15-24-22(26)17-8-9-20-18(13-17)14-21(29-20)23(27)25-10-3-2-4-11-25/h5-7,12,14,17H,2-4,8-11,13,15H2,1H3,(H,24,26)/t17-/m0/s1. The van der Waals surface area contributed by atoms with Crippen LogP contribution in [0, 0.1) is 5.92 Å². The van der Waals surface area contributed by atoms with Crippen molar-refractivity contribution in [1.29, 1.82) is 0 Å². The van der Waals surface area contributed by atoms with Gasteiger partial charge in [0, 0.05) is 30.4 Å². The van der Waals surface area contributed by atoms with Crippen LogP contribution in [0.5, 0.6) is 5.75 Å². The molecule has 2 aromatic rings. The Balaban J connectivity index is 1.36. The first-order valence-corrected chi connectivity index (χ1v) is 11.3. The highest BCUT2D eigenvalue weighted by molar-refractivity contribution is 7.14. The number of nitrogens with zero attached hydrogens (tertiary/aromatic N) is 1. The van der Waals surface area contributed by atoms with Gasteiger partial charge in [0.1, 0.15) is 5.75 Å². The van der Waals surface area contributed by atoms with Crippen LogP contribution in [-0.4, -0.2) is 36.9 Å². The second kappa shape index (κ2) is 8.99. The van der Waals surface area contributed by atoms with Crippen molar-refractivity contribution in [3.05, 3.63) is 51.2 Å². The molecule has 4 rings (SSSR count). The van der Waals surface area contributed by atoms with Crippen LogP contribution < -0.4 is 10.1 Å². The number of aryl methyl sites for hydroxylation is 1. The fraction of sp³-hybridized carbons (Fsp3) is 0.478. The third-order valence-corrected chi connectivity index (χ3v) is 7.13. The molecular weight excluding hydrogens is 384 g/mol. The van der Waals surface area contributed by atoms with Crippen LogP contribution in [-0.2, 0) is 24.2 Å². The van der Waals surface area contributed by atoms with Crippen molar-refractivity contribution in [2.24, 2.45) is 5.92 Å². The van der Waals surface area contributed by atoms with E-state index in [4.69, 9.17) is 4.74 Å². The van der Waals surface area contributed by atoms with Gasteiger partial charge in [-0.2, -0.15) is 0 Å². The molecule has 1 atom stereocenters. The van der Waals surface area contributed by atoms with Gasteiger partial charge in [0.2, 0.25) is 5.91 Å². The largest absolute Gasteiger partial charge is 0.497 e. The fourth-order valence-corrected chi connectivity index (χ4v) is 5.40. The molecule has 29 heavy (non-hydrogen) atoms. The Bertz CT molecular complexity index is 886. The van der Waals surface area contributed by atoms with Gasteiger partial charge in [-0.1, -0.05) is 12.1 Å². The second-order valence-electron chi connectivity index (χ2n) is 7.92. The quantitative estimate of drug-likeness (QED) is 0.813. The molecule has 5 nitrogen and oxygen atoms in total. The van der Waals surface area contributed by atoms with E-state index in [-0.39, 0.29) is 17.7 Å². The summed E-state index contributed by atoms with van der Waals surface area (Å²) in [5, 5.41) is 3.07. The number of piperidine rings is 1. The van der Waals surface area contributed by atoms with E-state index >= 15 is 0 Å². The second-order valence-corrected chi connectivity index (χ2v) is 9.06. The van der Waals surface area contributed by atoms with Gasteiger partial charge >= 0.3 is 0 Å². The fourth-order valence-electron chi connectivity index (χ4n) is 4.22. The van der Waals surface area contributed by atoms with E-state index in [1.165, 1.54) is 16.9 Å². The van der Waals surface area contributed by atoms with Crippen molar-refractivity contribution in [2.75, 3.05) is 20.2 Å². The molecule has 2 aliphatic rings. The maximum absolute atomic E-state index is 12.8. The Morgan fingerprint density at radius 2 is 2.03 bits per heavy atom. The van der Waals surface area contributed by atoms with Gasteiger partial charge in [-0.3, -0.25) is 9.59 Å². The Kier molecular flexibility index (Phi) is 6.19. The highest BCUT2D eigenvalue weighted by Gasteiger charge is 2.28. The van der Waals surface area contributed by atoms with Crippen molar-refractivity contribution in [1.82, 2.24) is 10.2 Å². The smallest absolute Gasteiger partial charge is 0.263 e. The Morgan fingerprint density at radius 3 is 2.83 bits per heavy atom. The molecule has 1 aromatic heterocycles. The summed E-state index contributed by atoms with van der Waals surface area (Å²) in [6.07, 6.45) is 5.87. The van der Waals surface area contributed by atoms with Crippen LogP contribution in [0.3, 0.4) is 0 Å². The SMILES string of the molecule is COc1cccc(CNC(=O)[C@H]2CCc3sc(C(=O)N4CCCCC4)cc3C2)c1. The van der Waals surface area contributed by atoms with Crippen LogP contribution in [0.15, 0.2) is 30.3 Å². The molecule has 1 N–H and O–H groups in total. The van der Waals surface area contributed by atoms with Crippen LogP contribution in [0.1, 0.15) is 51.4 Å². The molecule has 0 unspecified atom stereocenters. The number of fused-ring (bicyclic) bond motifs is 1. The lowest BCUT2D eigenvalue weighted by atomic mass is 9.87. The number of rotatable bonds is 5. The molecule has 1 fully saturated rings. The minimum atomic E-state index is -0.0272. The number of carbonyl (C=O) groups excluding carboxylic acids is 2. The van der Waals surface area contributed by atoms with Gasteiger partial charge in [-0.15, -0.1) is 11.3 Å². The summed E-state index contributed by atoms with van der Waals surface area (Å²) in [5.74, 6) is 1.03. The van der Waals surface area contributed by atoms with Crippen LogP contribution >= 0.6 is 11.3 Å². The minimum absolute atomic E-state index is 0.0272. The topological polar surface area (TPSA) is 58.6 Å². The number of carbonyl (C=O) groups is 2. The zero-order chi connectivity index (χ0) is 20.2. The number of thiophene rings is 1. The number of benzene rings is 1. The molecule has 0 bridgehead atoms. The van der Waals surface area contributed by atoms with E-state index in [0.717, 1.165) is 61.4 Å². The van der Waals surface area contributed by atoms with Crippen molar-refractivity contribution < 1.29 is 14.3 Å². The molecule has 6 heteroatoms. The maximum Gasteiger partial charge on any atom is 0.263 e. The van der Waals surface area contributed by atoms with Gasteiger partial charge in [0.15, 0.2) is 0 Å². The third-order valence-electron chi connectivity index (χ3n) is 5.91. The van der Waals surface area contributed by atoms with Gasteiger partial charge in [-0.05, 0) is 67.9 Å². The van der Waals surface area contributed by atoms with E-state index in [9.17, 15) is 9.59 Å². The molecule has 2 heterocycles. The number of amides is 2. The molecule has 0 radical (unpaired) electrons. The Hall–Kier alpha value is -2.34. The van der Waals surface area contributed by atoms with Crippen LogP contribution in [0.25, 0.3) is 0 Å². The summed E-state index contributed by atoms with van der Waals surface area (Å²) < 4.78 is 5.24. The molecule has 1 saturated heterocycles. The first-order valence-electron chi connectivity index (χ1n) is 10.5. The van der Waals surface area contributed by atoms with Gasteiger partial charge < -0.3 is 15.0 Å². The summed E-state index contributed by atoms with van der Waals surface area (Å²) in [4.78, 5) is 29.6. The summed E-state index contributed by atoms with van der Waals surface area (Å²) in [6.45, 7) is 2.25. The predicted molar refractivity (Wildman–Crippen MR) is 114 cm³/mol. The van der Waals surface area contributed by atoms with Crippen molar-refractivity contribution in [3.8, 4) is 5.75 Å². The predicted octanol–water partition coefficient (Wildman–Crippen LogP) is 3.80. The first-order chi connectivity index (χ1) is 14.1. The lowest BCUT2D eigenvalue weighted by Crippen LogP contribution is -2.35. The molecular formula is C23H28N2O3S. The normalized spacial score (nSPS) is 18.8. The number of methoxy groups -OCH3 is 1. The average Bonchev–Trinajstić information content (AvgIpc) is 3.21. The van der Waals surface area contributed by atoms with Crippen molar-refractivity contribution >= 4 is 23.2 Å². The van der Waals surface area contributed by atoms with Gasteiger partial charge in [-0.25, -0.2) is 0 Å². The first kappa shape index (κ1) is 20.0. The lowest BCUT2D eigenvalue weighted by molar-refractivity contribution is -0.125. The summed E-state index contributed by atoms with van der Waals surface area (Å²) in [5.41, 5.74) is 2.21. The zero-order valence-corrected chi connectivity index (χ0v) is 17.7. The lowest BCUT2D eigenvalue weighted by Gasteiger charge is -2.26. The molecule has 1 aliphatic carbocycles. The molecule has 1 aromatic carbocycles. The highest BCUT2D eigenvalue weighted by Crippen LogP contribution is 2.33. The van der Waals surface area contributed by atoms with Crippen molar-refractivity contribution in [2.45, 2.75) is 45.1 Å². The average molecular weight is 413 g/mol. The molecule has 1 aliphatic heterocycles. The van der Waals surface area contributed by atoms with Crippen molar-refractivity contribution in [3.63, 3.8) is 0 Å². The monoisotopic (exact) mass is 412 g/mol. The molecule has 0 saturated carbocycles. The zero-order valence-electron chi connectivity index (χ0n) is 16.9. The molecule has 154 valence electrons.